The molecule has 0 aromatic rings. The highest BCUT2D eigenvalue weighted by Crippen LogP contribution is 2.10. The Morgan fingerprint density at radius 1 is 1.19 bits per heavy atom. The molecule has 1 heterocycles. The summed E-state index contributed by atoms with van der Waals surface area (Å²) in [5.41, 5.74) is 0. The first-order valence-corrected chi connectivity index (χ1v) is 9.02. The predicted octanol–water partition coefficient (Wildman–Crippen LogP) is 0.375. The third-order valence-corrected chi connectivity index (χ3v) is 4.22. The molecule has 0 aromatic heterocycles. The summed E-state index contributed by atoms with van der Waals surface area (Å²) >= 11 is 0. The number of aliphatic imine (C=N–C) groups is 1. The maximum Gasteiger partial charge on any atom is 0.243 e. The third kappa shape index (κ3) is 11.1. The van der Waals surface area contributed by atoms with Gasteiger partial charge in [0.2, 0.25) is 5.91 Å². The number of halogens is 1. The van der Waals surface area contributed by atoms with Crippen LogP contribution in [0.3, 0.4) is 0 Å². The molecule has 1 aliphatic heterocycles. The van der Waals surface area contributed by atoms with Gasteiger partial charge in [0.15, 0.2) is 5.96 Å². The molecule has 1 saturated heterocycles. The first-order valence-electron chi connectivity index (χ1n) is 9.02. The highest BCUT2D eigenvalue weighted by Gasteiger charge is 2.19. The number of amides is 1. The summed E-state index contributed by atoms with van der Waals surface area (Å²) in [6.07, 6.45) is 3.21. The molecule has 1 amide bonds. The summed E-state index contributed by atoms with van der Waals surface area (Å²) in [4.78, 5) is 20.2. The summed E-state index contributed by atoms with van der Waals surface area (Å²) < 4.78 is 10.2. The van der Waals surface area contributed by atoms with Gasteiger partial charge in [0, 0.05) is 67.1 Å². The lowest BCUT2D eigenvalue weighted by Crippen LogP contribution is -2.49. The maximum atomic E-state index is 11.8. The van der Waals surface area contributed by atoms with E-state index in [2.05, 4.69) is 20.5 Å². The Morgan fingerprint density at radius 3 is 2.42 bits per heavy atom. The molecule has 0 radical (unpaired) electrons. The normalized spacial score (nSPS) is 16.1. The standard InChI is InChI=1S/C17H35N5O3.HI/c1-21(2)16(23)14-19-17(18-8-13-25-4)20-15-6-10-22(11-7-15)9-5-12-24-3;/h15H,5-14H2,1-4H3,(H2,18,19,20);1H. The summed E-state index contributed by atoms with van der Waals surface area (Å²) in [6.45, 7) is 5.45. The number of methoxy groups -OCH3 is 2. The number of guanidine groups is 1. The van der Waals surface area contributed by atoms with Crippen LogP contribution < -0.4 is 10.6 Å². The second-order valence-corrected chi connectivity index (χ2v) is 6.48. The Morgan fingerprint density at radius 2 is 1.85 bits per heavy atom. The second kappa shape index (κ2) is 15.4. The van der Waals surface area contributed by atoms with Gasteiger partial charge in [-0.15, -0.1) is 24.0 Å². The van der Waals surface area contributed by atoms with Crippen LogP contribution in [-0.4, -0.2) is 102 Å². The molecule has 0 atom stereocenters. The molecule has 2 N–H and O–H groups in total. The van der Waals surface area contributed by atoms with Crippen molar-refractivity contribution in [3.05, 3.63) is 0 Å². The average molecular weight is 485 g/mol. The summed E-state index contributed by atoms with van der Waals surface area (Å²) in [5, 5.41) is 6.69. The first kappa shape index (κ1) is 25.4. The molecular formula is C17H36IN5O3. The lowest BCUT2D eigenvalue weighted by molar-refractivity contribution is -0.127. The van der Waals surface area contributed by atoms with Crippen molar-refractivity contribution in [2.45, 2.75) is 25.3 Å². The lowest BCUT2D eigenvalue weighted by Gasteiger charge is -2.33. The van der Waals surface area contributed by atoms with Crippen LogP contribution in [0, 0.1) is 0 Å². The number of carbonyl (C=O) groups excluding carboxylic acids is 1. The van der Waals surface area contributed by atoms with Crippen molar-refractivity contribution < 1.29 is 14.3 Å². The fourth-order valence-electron chi connectivity index (χ4n) is 2.64. The topological polar surface area (TPSA) is 78.4 Å². The van der Waals surface area contributed by atoms with Gasteiger partial charge in [-0.05, 0) is 19.3 Å². The van der Waals surface area contributed by atoms with E-state index < -0.39 is 0 Å². The molecular weight excluding hydrogens is 449 g/mol. The van der Waals surface area contributed by atoms with Gasteiger partial charge >= 0.3 is 0 Å². The fraction of sp³-hybridized carbons (Fsp3) is 0.882. The largest absolute Gasteiger partial charge is 0.385 e. The highest BCUT2D eigenvalue weighted by atomic mass is 127. The van der Waals surface area contributed by atoms with Crippen LogP contribution in [0.5, 0.6) is 0 Å². The van der Waals surface area contributed by atoms with Crippen molar-refractivity contribution in [3.63, 3.8) is 0 Å². The lowest BCUT2D eigenvalue weighted by atomic mass is 10.1. The number of rotatable bonds is 10. The van der Waals surface area contributed by atoms with Crippen LogP contribution >= 0.6 is 24.0 Å². The Labute approximate surface area is 175 Å². The monoisotopic (exact) mass is 485 g/mol. The number of likely N-dealkylation sites (tertiary alicyclic amines) is 1. The minimum absolute atomic E-state index is 0. The van der Waals surface area contributed by atoms with Gasteiger partial charge in [-0.1, -0.05) is 0 Å². The zero-order chi connectivity index (χ0) is 18.5. The molecule has 9 heteroatoms. The Hall–Kier alpha value is -0.650. The van der Waals surface area contributed by atoms with Crippen molar-refractivity contribution in [1.29, 1.82) is 0 Å². The molecule has 1 rings (SSSR count). The smallest absolute Gasteiger partial charge is 0.243 e. The van der Waals surface area contributed by atoms with E-state index >= 15 is 0 Å². The van der Waals surface area contributed by atoms with E-state index in [1.54, 1.807) is 33.2 Å². The van der Waals surface area contributed by atoms with E-state index in [0.717, 1.165) is 45.5 Å². The first-order chi connectivity index (χ1) is 12.1. The number of carbonyl (C=O) groups is 1. The van der Waals surface area contributed by atoms with Crippen LogP contribution in [0.25, 0.3) is 0 Å². The number of piperidine rings is 1. The van der Waals surface area contributed by atoms with E-state index in [0.29, 0.717) is 25.2 Å². The van der Waals surface area contributed by atoms with Gasteiger partial charge in [-0.3, -0.25) is 4.79 Å². The van der Waals surface area contributed by atoms with Gasteiger partial charge in [-0.25, -0.2) is 4.99 Å². The number of likely N-dealkylation sites (N-methyl/N-ethyl adjacent to an activating group) is 1. The number of hydrogen-bond donors (Lipinski definition) is 2. The number of nitrogens with zero attached hydrogens (tertiary/aromatic N) is 3. The Bertz CT molecular complexity index is 402. The van der Waals surface area contributed by atoms with Gasteiger partial charge in [0.05, 0.1) is 6.61 Å². The van der Waals surface area contributed by atoms with Crippen LogP contribution in [0.4, 0.5) is 0 Å². The minimum Gasteiger partial charge on any atom is -0.385 e. The molecule has 1 aliphatic rings. The van der Waals surface area contributed by atoms with Crippen molar-refractivity contribution in [2.75, 3.05) is 74.3 Å². The van der Waals surface area contributed by atoms with Crippen LogP contribution in [0.2, 0.25) is 0 Å². The number of ether oxygens (including phenoxy) is 2. The molecule has 0 saturated carbocycles. The van der Waals surface area contributed by atoms with Gasteiger partial charge in [0.25, 0.3) is 0 Å². The van der Waals surface area contributed by atoms with E-state index in [-0.39, 0.29) is 36.4 Å². The van der Waals surface area contributed by atoms with Gasteiger partial charge < -0.3 is 29.9 Å². The van der Waals surface area contributed by atoms with E-state index in [4.69, 9.17) is 9.47 Å². The fourth-order valence-corrected chi connectivity index (χ4v) is 2.64. The zero-order valence-corrected chi connectivity index (χ0v) is 19.0. The van der Waals surface area contributed by atoms with Gasteiger partial charge in [-0.2, -0.15) is 0 Å². The second-order valence-electron chi connectivity index (χ2n) is 6.48. The van der Waals surface area contributed by atoms with Crippen LogP contribution in [-0.2, 0) is 14.3 Å². The van der Waals surface area contributed by atoms with Crippen molar-refractivity contribution >= 4 is 35.8 Å². The number of hydrogen-bond acceptors (Lipinski definition) is 5. The summed E-state index contributed by atoms with van der Waals surface area (Å²) in [7, 11) is 6.89. The summed E-state index contributed by atoms with van der Waals surface area (Å²) in [6, 6.07) is 0.377. The van der Waals surface area contributed by atoms with E-state index in [9.17, 15) is 4.79 Å². The Balaban J connectivity index is 0.00000625. The minimum atomic E-state index is -0.0131. The van der Waals surface area contributed by atoms with E-state index in [1.807, 2.05) is 0 Å². The molecule has 0 aliphatic carbocycles. The molecule has 0 aromatic carbocycles. The van der Waals surface area contributed by atoms with Gasteiger partial charge in [0.1, 0.15) is 6.54 Å². The zero-order valence-electron chi connectivity index (χ0n) is 16.6. The molecule has 154 valence electrons. The molecule has 0 bridgehead atoms. The van der Waals surface area contributed by atoms with E-state index in [1.165, 1.54) is 0 Å². The van der Waals surface area contributed by atoms with Crippen LogP contribution in [0.15, 0.2) is 4.99 Å². The van der Waals surface area contributed by atoms with Crippen molar-refractivity contribution in [1.82, 2.24) is 20.4 Å². The van der Waals surface area contributed by atoms with Crippen molar-refractivity contribution in [3.8, 4) is 0 Å². The maximum absolute atomic E-state index is 11.8. The molecule has 0 spiro atoms. The summed E-state index contributed by atoms with van der Waals surface area (Å²) in [5.74, 6) is 0.672. The molecule has 8 nitrogen and oxygen atoms in total. The SMILES string of the molecule is COCCCN1CCC(NC(=NCC(=O)N(C)C)NCCOC)CC1.I. The van der Waals surface area contributed by atoms with Crippen LogP contribution in [0.1, 0.15) is 19.3 Å². The third-order valence-electron chi connectivity index (χ3n) is 4.22. The quantitative estimate of drug-likeness (QED) is 0.202. The molecule has 26 heavy (non-hydrogen) atoms. The molecule has 1 fully saturated rings. The average Bonchev–Trinajstić information content (AvgIpc) is 2.61. The Kier molecular flexibility index (Phi) is 15.0. The highest BCUT2D eigenvalue weighted by molar-refractivity contribution is 14.0. The molecule has 0 unspecified atom stereocenters. The number of nitrogens with one attached hydrogen (secondary N) is 2. The predicted molar refractivity (Wildman–Crippen MR) is 115 cm³/mol. The van der Waals surface area contributed by atoms with Crippen molar-refractivity contribution in [2.24, 2.45) is 4.99 Å².